The number of aryl methyl sites for hydroxylation is 2. The molecule has 0 bridgehead atoms. The molecule has 0 fully saturated rings. The van der Waals surface area contributed by atoms with Gasteiger partial charge in [-0.25, -0.2) is 14.4 Å². The Balaban J connectivity index is 1.56. The maximum Gasteiger partial charge on any atom is 0.132 e. The molecule has 1 heterocycles. The predicted molar refractivity (Wildman–Crippen MR) is 104 cm³/mol. The van der Waals surface area contributed by atoms with Crippen LogP contribution >= 0.6 is 0 Å². The Labute approximate surface area is 153 Å². The number of rotatable bonds is 7. The summed E-state index contributed by atoms with van der Waals surface area (Å²) < 4.78 is 12.9. The van der Waals surface area contributed by atoms with Gasteiger partial charge in [-0.3, -0.25) is 0 Å². The number of nitrogens with zero attached hydrogens (tertiary/aromatic N) is 2. The summed E-state index contributed by atoms with van der Waals surface area (Å²) in [5, 5.41) is 6.65. The zero-order valence-electron chi connectivity index (χ0n) is 15.1. The van der Waals surface area contributed by atoms with Crippen LogP contribution in [0.5, 0.6) is 0 Å². The van der Waals surface area contributed by atoms with Gasteiger partial charge in [-0.15, -0.1) is 0 Å². The number of nitrogens with one attached hydrogen (secondary N) is 2. The van der Waals surface area contributed by atoms with Crippen molar-refractivity contribution in [3.05, 3.63) is 82.9 Å². The van der Waals surface area contributed by atoms with E-state index >= 15 is 0 Å². The molecule has 0 saturated heterocycles. The molecule has 0 saturated carbocycles. The van der Waals surface area contributed by atoms with Gasteiger partial charge in [0.05, 0.1) is 0 Å². The minimum Gasteiger partial charge on any atom is -0.370 e. The molecule has 4 nitrogen and oxygen atoms in total. The quantitative estimate of drug-likeness (QED) is 0.659. The molecule has 5 heteroatoms. The fourth-order valence-corrected chi connectivity index (χ4v) is 2.63. The molecule has 0 aliphatic rings. The minimum absolute atomic E-state index is 0.211. The lowest BCUT2D eigenvalue weighted by molar-refractivity contribution is 0.627. The second-order valence-corrected chi connectivity index (χ2v) is 6.33. The molecule has 0 aliphatic carbocycles. The maximum atomic E-state index is 12.9. The number of hydrogen-bond donors (Lipinski definition) is 2. The van der Waals surface area contributed by atoms with E-state index in [-0.39, 0.29) is 5.82 Å². The number of aromatic nitrogens is 2. The summed E-state index contributed by atoms with van der Waals surface area (Å²) in [6, 6.07) is 16.9. The lowest BCUT2D eigenvalue weighted by atomic mass is 10.1. The van der Waals surface area contributed by atoms with E-state index in [2.05, 4.69) is 51.8 Å². The Hall–Kier alpha value is -2.95. The van der Waals surface area contributed by atoms with Gasteiger partial charge in [0.15, 0.2) is 0 Å². The van der Waals surface area contributed by atoms with Gasteiger partial charge in [0.25, 0.3) is 0 Å². The van der Waals surface area contributed by atoms with Gasteiger partial charge < -0.3 is 10.6 Å². The topological polar surface area (TPSA) is 49.8 Å². The van der Waals surface area contributed by atoms with Crippen LogP contribution in [0, 0.1) is 19.7 Å². The van der Waals surface area contributed by atoms with Crippen LogP contribution in [0.4, 0.5) is 16.0 Å². The molecule has 26 heavy (non-hydrogen) atoms. The van der Waals surface area contributed by atoms with Gasteiger partial charge in [0.2, 0.25) is 0 Å². The molecular formula is C21H23FN4. The monoisotopic (exact) mass is 350 g/mol. The number of anilines is 2. The van der Waals surface area contributed by atoms with E-state index in [0.717, 1.165) is 30.2 Å². The van der Waals surface area contributed by atoms with Crippen LogP contribution in [-0.2, 0) is 13.0 Å². The lowest BCUT2D eigenvalue weighted by Crippen LogP contribution is -2.09. The third-order valence-electron chi connectivity index (χ3n) is 4.07. The zero-order valence-corrected chi connectivity index (χ0v) is 15.1. The first-order valence-corrected chi connectivity index (χ1v) is 8.72. The summed E-state index contributed by atoms with van der Waals surface area (Å²) in [6.45, 7) is 5.39. The van der Waals surface area contributed by atoms with E-state index < -0.39 is 0 Å². The molecule has 2 aromatic carbocycles. The minimum atomic E-state index is -0.211. The molecule has 3 aromatic rings. The third-order valence-corrected chi connectivity index (χ3v) is 4.07. The summed E-state index contributed by atoms with van der Waals surface area (Å²) in [7, 11) is 0. The van der Waals surface area contributed by atoms with Crippen LogP contribution in [0.15, 0.2) is 54.6 Å². The average molecular weight is 350 g/mol. The summed E-state index contributed by atoms with van der Waals surface area (Å²) in [6.07, 6.45) is 0.801. The SMILES string of the molecule is Cc1ccc(CNc2cc(NCCc3ccc(F)cc3)nc(C)n2)cc1. The van der Waals surface area contributed by atoms with E-state index in [1.54, 1.807) is 12.1 Å². The highest BCUT2D eigenvalue weighted by Gasteiger charge is 2.03. The highest BCUT2D eigenvalue weighted by atomic mass is 19.1. The summed E-state index contributed by atoms with van der Waals surface area (Å²) >= 11 is 0. The van der Waals surface area contributed by atoms with Crippen molar-refractivity contribution in [3.8, 4) is 0 Å². The van der Waals surface area contributed by atoms with Gasteiger partial charge >= 0.3 is 0 Å². The van der Waals surface area contributed by atoms with Gasteiger partial charge in [-0.1, -0.05) is 42.0 Å². The maximum absolute atomic E-state index is 12.9. The van der Waals surface area contributed by atoms with Crippen molar-refractivity contribution >= 4 is 11.6 Å². The molecule has 0 aliphatic heterocycles. The van der Waals surface area contributed by atoms with Crippen molar-refractivity contribution < 1.29 is 4.39 Å². The van der Waals surface area contributed by atoms with Crippen molar-refractivity contribution in [1.29, 1.82) is 0 Å². The second kappa shape index (κ2) is 8.43. The molecule has 0 amide bonds. The summed E-state index contributed by atoms with van der Waals surface area (Å²) in [5.74, 6) is 2.08. The van der Waals surface area contributed by atoms with Crippen LogP contribution in [-0.4, -0.2) is 16.5 Å². The van der Waals surface area contributed by atoms with E-state index in [1.807, 2.05) is 13.0 Å². The fourth-order valence-electron chi connectivity index (χ4n) is 2.63. The van der Waals surface area contributed by atoms with E-state index in [4.69, 9.17) is 0 Å². The fraction of sp³-hybridized carbons (Fsp3) is 0.238. The van der Waals surface area contributed by atoms with Gasteiger partial charge in [0, 0.05) is 19.2 Å². The highest BCUT2D eigenvalue weighted by Crippen LogP contribution is 2.13. The first-order valence-electron chi connectivity index (χ1n) is 8.72. The standard InChI is InChI=1S/C21H23FN4/c1-15-3-5-18(6-4-15)14-24-21-13-20(25-16(2)26-21)23-12-11-17-7-9-19(22)10-8-17/h3-10,13H,11-12,14H2,1-2H3,(H2,23,24,25,26). The van der Waals surface area contributed by atoms with Gasteiger partial charge in [-0.05, 0) is 43.5 Å². The Morgan fingerprint density at radius 3 is 2.12 bits per heavy atom. The van der Waals surface area contributed by atoms with Gasteiger partial charge in [0.1, 0.15) is 23.3 Å². The first-order chi connectivity index (χ1) is 12.6. The molecule has 1 aromatic heterocycles. The number of benzene rings is 2. The Kier molecular flexibility index (Phi) is 5.79. The Bertz CT molecular complexity index is 845. The molecule has 0 atom stereocenters. The van der Waals surface area contributed by atoms with Crippen LogP contribution in [0.25, 0.3) is 0 Å². The predicted octanol–water partition coefficient (Wildman–Crippen LogP) is 4.50. The Morgan fingerprint density at radius 2 is 1.42 bits per heavy atom. The molecule has 3 rings (SSSR count). The van der Waals surface area contributed by atoms with Crippen molar-refractivity contribution in [2.24, 2.45) is 0 Å². The highest BCUT2D eigenvalue weighted by molar-refractivity contribution is 5.48. The van der Waals surface area contributed by atoms with E-state index in [9.17, 15) is 4.39 Å². The molecule has 2 N–H and O–H groups in total. The largest absolute Gasteiger partial charge is 0.370 e. The van der Waals surface area contributed by atoms with Crippen molar-refractivity contribution in [3.63, 3.8) is 0 Å². The van der Waals surface area contributed by atoms with Crippen molar-refractivity contribution in [2.45, 2.75) is 26.8 Å². The van der Waals surface area contributed by atoms with Crippen LogP contribution < -0.4 is 10.6 Å². The third kappa shape index (κ3) is 5.28. The molecule has 0 unspecified atom stereocenters. The zero-order chi connectivity index (χ0) is 18.4. The van der Waals surface area contributed by atoms with E-state index in [1.165, 1.54) is 23.3 Å². The second-order valence-electron chi connectivity index (χ2n) is 6.33. The van der Waals surface area contributed by atoms with Crippen LogP contribution in [0.2, 0.25) is 0 Å². The van der Waals surface area contributed by atoms with E-state index in [0.29, 0.717) is 12.4 Å². The summed E-state index contributed by atoms with van der Waals surface area (Å²) in [5.41, 5.74) is 3.54. The molecule has 0 radical (unpaired) electrons. The molecule has 134 valence electrons. The smallest absolute Gasteiger partial charge is 0.132 e. The molecule has 0 spiro atoms. The lowest BCUT2D eigenvalue weighted by Gasteiger charge is -2.10. The molecular weight excluding hydrogens is 327 g/mol. The number of halogens is 1. The van der Waals surface area contributed by atoms with Crippen molar-refractivity contribution in [1.82, 2.24) is 9.97 Å². The first kappa shape index (κ1) is 17.9. The van der Waals surface area contributed by atoms with Crippen LogP contribution in [0.3, 0.4) is 0 Å². The van der Waals surface area contributed by atoms with Crippen molar-refractivity contribution in [2.75, 3.05) is 17.2 Å². The van der Waals surface area contributed by atoms with Gasteiger partial charge in [-0.2, -0.15) is 0 Å². The summed E-state index contributed by atoms with van der Waals surface area (Å²) in [4.78, 5) is 8.86. The average Bonchev–Trinajstić information content (AvgIpc) is 2.63. The van der Waals surface area contributed by atoms with Crippen LogP contribution in [0.1, 0.15) is 22.5 Å². The Morgan fingerprint density at radius 1 is 0.808 bits per heavy atom. The normalized spacial score (nSPS) is 10.6. The number of hydrogen-bond acceptors (Lipinski definition) is 4.